The number of ketones is 2. The summed E-state index contributed by atoms with van der Waals surface area (Å²) in [6.45, 7) is 16.8. The maximum atomic E-state index is 15.0. The molecule has 3 aliphatic heterocycles. The van der Waals surface area contributed by atoms with Crippen LogP contribution in [0.4, 0.5) is 0 Å². The van der Waals surface area contributed by atoms with Gasteiger partial charge in [0.05, 0.1) is 5.60 Å². The molecule has 10 rings (SSSR count). The molecule has 0 aromatic heterocycles. The summed E-state index contributed by atoms with van der Waals surface area (Å²) in [6, 6.07) is 0. The van der Waals surface area contributed by atoms with Crippen molar-refractivity contribution in [1.29, 1.82) is 0 Å². The summed E-state index contributed by atoms with van der Waals surface area (Å²) in [5, 5.41) is 12.2. The van der Waals surface area contributed by atoms with Gasteiger partial charge in [-0.15, -0.1) is 0 Å². The van der Waals surface area contributed by atoms with Gasteiger partial charge in [-0.3, -0.25) is 14.4 Å². The zero-order valence-corrected chi connectivity index (χ0v) is 28.0. The Kier molecular flexibility index (Phi) is 5.83. The van der Waals surface area contributed by atoms with E-state index in [1.807, 2.05) is 27.7 Å². The summed E-state index contributed by atoms with van der Waals surface area (Å²) in [7, 11) is 0. The van der Waals surface area contributed by atoms with Crippen molar-refractivity contribution in [1.82, 2.24) is 0 Å². The molecule has 6 aliphatic carbocycles. The van der Waals surface area contributed by atoms with Gasteiger partial charge in [-0.25, -0.2) is 0 Å². The third-order valence-electron chi connectivity index (χ3n) is 13.1. The number of hydrogen-bond donors (Lipinski definition) is 1. The largest absolute Gasteiger partial charge is 0.507 e. The molecule has 1 aromatic rings. The van der Waals surface area contributed by atoms with Crippen LogP contribution in [0.25, 0.3) is 0 Å². The van der Waals surface area contributed by atoms with Crippen LogP contribution in [-0.4, -0.2) is 45.5 Å². The molecule has 4 saturated carbocycles. The second-order valence-electron chi connectivity index (χ2n) is 16.4. The zero-order chi connectivity index (χ0) is 32.9. The fraction of sp³-hybridized carbons (Fsp3) is 0.605. The highest BCUT2D eigenvalue weighted by atomic mass is 16.6. The number of aromatic hydroxyl groups is 1. The van der Waals surface area contributed by atoms with E-state index in [1.165, 1.54) is 0 Å². The first-order valence-electron chi connectivity index (χ1n) is 16.8. The van der Waals surface area contributed by atoms with E-state index < -0.39 is 28.3 Å². The Morgan fingerprint density at radius 1 is 1.07 bits per heavy atom. The minimum absolute atomic E-state index is 0.0457. The Hall–Kier alpha value is -3.39. The molecule has 1 saturated heterocycles. The van der Waals surface area contributed by atoms with Crippen molar-refractivity contribution in [3.8, 4) is 17.2 Å². The number of Topliss-reactive ketones (excluding diaryl/α,β-unsaturated/α-hetero) is 2. The molecular weight excluding hydrogens is 584 g/mol. The van der Waals surface area contributed by atoms with Crippen molar-refractivity contribution in [3.63, 3.8) is 0 Å². The van der Waals surface area contributed by atoms with Gasteiger partial charge >= 0.3 is 0 Å². The van der Waals surface area contributed by atoms with Crippen LogP contribution < -0.4 is 9.47 Å². The van der Waals surface area contributed by atoms with Crippen LogP contribution in [0.5, 0.6) is 17.2 Å². The molecular formula is C38H44O8. The number of carbonyl (C=O) groups excluding carboxylic acids is 3. The van der Waals surface area contributed by atoms with E-state index in [0.29, 0.717) is 48.1 Å². The summed E-state index contributed by atoms with van der Waals surface area (Å²) in [6.07, 6.45) is 8.48. The van der Waals surface area contributed by atoms with Gasteiger partial charge in [0.15, 0.2) is 22.8 Å². The zero-order valence-electron chi connectivity index (χ0n) is 28.0. The number of phenolic OH excluding ortho intramolecular Hbond substituents is 1. The van der Waals surface area contributed by atoms with Crippen molar-refractivity contribution in [2.45, 2.75) is 116 Å². The van der Waals surface area contributed by atoms with Crippen molar-refractivity contribution in [2.75, 3.05) is 0 Å². The molecule has 1 aromatic carbocycles. The number of carbonyl (C=O) groups is 3. The summed E-state index contributed by atoms with van der Waals surface area (Å²) in [5.41, 5.74) is -0.973. The quantitative estimate of drug-likeness (QED) is 0.211. The molecule has 1 N–H and O–H groups in total. The van der Waals surface area contributed by atoms with Crippen LogP contribution in [0.15, 0.2) is 35.1 Å². The Bertz CT molecular complexity index is 1740. The lowest BCUT2D eigenvalue weighted by atomic mass is 9.37. The molecule has 1 spiro atoms. The van der Waals surface area contributed by atoms with Crippen molar-refractivity contribution < 1.29 is 38.4 Å². The van der Waals surface area contributed by atoms with E-state index in [9.17, 15) is 19.5 Å². The van der Waals surface area contributed by atoms with E-state index in [0.717, 1.165) is 29.5 Å². The normalized spacial score (nSPS) is 39.5. The molecule has 8 bridgehead atoms. The van der Waals surface area contributed by atoms with Crippen LogP contribution in [0.3, 0.4) is 0 Å². The van der Waals surface area contributed by atoms with Crippen molar-refractivity contribution >= 4 is 18.0 Å². The highest BCUT2D eigenvalue weighted by Gasteiger charge is 2.81. The van der Waals surface area contributed by atoms with E-state index >= 15 is 0 Å². The third-order valence-corrected chi connectivity index (χ3v) is 13.1. The lowest BCUT2D eigenvalue weighted by molar-refractivity contribution is -0.214. The number of hydrogen-bond acceptors (Lipinski definition) is 8. The molecule has 0 amide bonds. The third kappa shape index (κ3) is 3.27. The predicted octanol–water partition coefficient (Wildman–Crippen LogP) is 6.68. The van der Waals surface area contributed by atoms with Gasteiger partial charge < -0.3 is 24.1 Å². The second-order valence-corrected chi connectivity index (χ2v) is 16.4. The van der Waals surface area contributed by atoms with E-state index in [1.54, 1.807) is 19.1 Å². The summed E-state index contributed by atoms with van der Waals surface area (Å²) in [5.74, 6) is 0.590. The first-order chi connectivity index (χ1) is 21.6. The Morgan fingerprint density at radius 2 is 1.80 bits per heavy atom. The molecule has 3 heterocycles. The van der Waals surface area contributed by atoms with E-state index in [-0.39, 0.29) is 52.5 Å². The molecule has 5 unspecified atom stereocenters. The van der Waals surface area contributed by atoms with Crippen LogP contribution in [0.1, 0.15) is 108 Å². The van der Waals surface area contributed by atoms with Crippen molar-refractivity contribution in [2.24, 2.45) is 29.1 Å². The Labute approximate surface area is 270 Å². The molecule has 8 heteroatoms. The highest BCUT2D eigenvalue weighted by molar-refractivity contribution is 6.18. The average molecular weight is 629 g/mol. The predicted molar refractivity (Wildman–Crippen MR) is 169 cm³/mol. The van der Waals surface area contributed by atoms with Gasteiger partial charge in [-0.1, -0.05) is 31.6 Å². The van der Waals surface area contributed by atoms with Crippen LogP contribution >= 0.6 is 0 Å². The molecule has 8 atom stereocenters. The molecule has 8 nitrogen and oxygen atoms in total. The van der Waals surface area contributed by atoms with Crippen LogP contribution in [-0.2, 0) is 25.5 Å². The molecule has 244 valence electrons. The van der Waals surface area contributed by atoms with Gasteiger partial charge in [0.25, 0.3) is 6.47 Å². The maximum absolute atomic E-state index is 15.0. The molecule has 9 aliphatic rings. The monoisotopic (exact) mass is 628 g/mol. The summed E-state index contributed by atoms with van der Waals surface area (Å²) >= 11 is 0. The van der Waals surface area contributed by atoms with Gasteiger partial charge in [-0.2, -0.15) is 0 Å². The minimum Gasteiger partial charge on any atom is -0.507 e. The fourth-order valence-electron chi connectivity index (χ4n) is 11.3. The molecule has 0 radical (unpaired) electrons. The number of ether oxygens (including phenoxy) is 4. The second kappa shape index (κ2) is 8.94. The lowest BCUT2D eigenvalue weighted by Gasteiger charge is -2.70. The Morgan fingerprint density at radius 3 is 2.48 bits per heavy atom. The van der Waals surface area contributed by atoms with Crippen LogP contribution in [0.2, 0.25) is 0 Å². The summed E-state index contributed by atoms with van der Waals surface area (Å²) < 4.78 is 26.2. The summed E-state index contributed by atoms with van der Waals surface area (Å²) in [4.78, 5) is 40.5. The first kappa shape index (κ1) is 30.0. The van der Waals surface area contributed by atoms with Gasteiger partial charge in [0.2, 0.25) is 0 Å². The van der Waals surface area contributed by atoms with Gasteiger partial charge in [0.1, 0.15) is 34.2 Å². The standard InChI is InChI=1S/C38H44O8/c1-18(2)9-10-21-30-26(25-22-12-13-36(8,44-30)32(25)34(22,4)5)29(41)27-28(40)23-15-20-16-24-35(6,7)46-37(33(20)42,14-11-19(3)43-17-39)38(23,24)45-31(21)27/h9,11,15,17,20,22,24-25,32,41H,10,12-14,16H2,1-8H3/b19-11-/t20?,22?,24?,25-,32?,36-,37?,38-/m1/s1. The number of benzene rings is 1. The lowest BCUT2D eigenvalue weighted by Crippen LogP contribution is -2.72. The minimum atomic E-state index is -1.52. The number of fused-ring (bicyclic) bond motifs is 3. The van der Waals surface area contributed by atoms with E-state index in [4.69, 9.17) is 18.9 Å². The van der Waals surface area contributed by atoms with E-state index in [2.05, 4.69) is 26.8 Å². The fourth-order valence-corrected chi connectivity index (χ4v) is 11.3. The number of allylic oxidation sites excluding steroid dienone is 4. The highest BCUT2D eigenvalue weighted by Crippen LogP contribution is 2.76. The van der Waals surface area contributed by atoms with Crippen molar-refractivity contribution in [3.05, 3.63) is 51.8 Å². The van der Waals surface area contributed by atoms with Crippen LogP contribution in [0, 0.1) is 29.1 Å². The Balaban J connectivity index is 1.39. The molecule has 5 fully saturated rings. The SMILES string of the molecule is CC(C)=CCc1c2c(c(O)c3c1O[C@]1(C)CCC4[C@H]3C1C4(C)C)C(=O)C1=CC3CC4C(C)(C)OC(C/C=C(/C)OC=O)(C3=O)[C@@]14O2. The number of phenols is 1. The topological polar surface area (TPSA) is 108 Å². The molecule has 46 heavy (non-hydrogen) atoms. The maximum Gasteiger partial charge on any atom is 0.298 e. The number of rotatable bonds is 6. The van der Waals surface area contributed by atoms with Gasteiger partial charge in [0, 0.05) is 46.8 Å². The average Bonchev–Trinajstić information content (AvgIpc) is 3.12. The van der Waals surface area contributed by atoms with Gasteiger partial charge in [-0.05, 0) is 84.6 Å². The smallest absolute Gasteiger partial charge is 0.298 e. The first-order valence-corrected chi connectivity index (χ1v) is 16.8.